The zero-order valence-electron chi connectivity index (χ0n) is 12.0. The quantitative estimate of drug-likeness (QED) is 0.477. The highest BCUT2D eigenvalue weighted by atomic mass is 16.2. The van der Waals surface area contributed by atoms with E-state index in [9.17, 15) is 9.59 Å². The first kappa shape index (κ1) is 14.2. The van der Waals surface area contributed by atoms with Crippen LogP contribution >= 0.6 is 0 Å². The number of nitrogens with zero attached hydrogens (tertiary/aromatic N) is 2. The summed E-state index contributed by atoms with van der Waals surface area (Å²) in [6.07, 6.45) is 3.30. The smallest absolute Gasteiger partial charge is 0.286 e. The van der Waals surface area contributed by atoms with E-state index in [1.165, 1.54) is 0 Å². The topological polar surface area (TPSA) is 40.4 Å². The van der Waals surface area contributed by atoms with Gasteiger partial charge in [-0.25, -0.2) is 0 Å². The second-order valence-electron chi connectivity index (χ2n) is 5.32. The van der Waals surface area contributed by atoms with Crippen LogP contribution in [-0.4, -0.2) is 46.1 Å². The number of Topliss-reactive ketones (excluding diaryl/α,β-unsaturated/α-hetero) is 1. The van der Waals surface area contributed by atoms with E-state index in [0.717, 1.165) is 0 Å². The number of ketones is 1. The number of benzene rings is 1. The second-order valence-corrected chi connectivity index (χ2v) is 5.32. The van der Waals surface area contributed by atoms with Crippen LogP contribution < -0.4 is 0 Å². The maximum Gasteiger partial charge on any atom is 0.304 e. The Bertz CT molecular complexity index is 588. The Kier molecular flexibility index (Phi) is 3.57. The van der Waals surface area contributed by atoms with Crippen LogP contribution in [-0.2, 0) is 4.79 Å². The molecule has 0 saturated carbocycles. The molecule has 1 saturated heterocycles. The van der Waals surface area contributed by atoms with Crippen LogP contribution in [0.3, 0.4) is 0 Å². The standard InChI is InChI=1S/C16H19N2O2/c1-5-11-18-13(15(20)17(4)16(18,2)3)14(19)12-9-7-6-8-10-12/h5-11,13H,1H2,2-4H3/q+1/b18-11+/t13-/m0/s1. The highest BCUT2D eigenvalue weighted by Crippen LogP contribution is 2.27. The number of amides is 1. The summed E-state index contributed by atoms with van der Waals surface area (Å²) in [6.45, 7) is 7.48. The molecule has 0 bridgehead atoms. The maximum absolute atomic E-state index is 12.6. The van der Waals surface area contributed by atoms with Crippen molar-refractivity contribution >= 4 is 17.9 Å². The van der Waals surface area contributed by atoms with Crippen molar-refractivity contribution in [3.63, 3.8) is 0 Å². The van der Waals surface area contributed by atoms with Crippen LogP contribution in [0.4, 0.5) is 0 Å². The van der Waals surface area contributed by atoms with E-state index in [1.54, 1.807) is 53.1 Å². The van der Waals surface area contributed by atoms with Gasteiger partial charge in [0.15, 0.2) is 6.21 Å². The van der Waals surface area contributed by atoms with Gasteiger partial charge in [-0.1, -0.05) is 36.9 Å². The summed E-state index contributed by atoms with van der Waals surface area (Å²) < 4.78 is 1.76. The zero-order valence-corrected chi connectivity index (χ0v) is 12.0. The van der Waals surface area contributed by atoms with Gasteiger partial charge in [0.05, 0.1) is 0 Å². The molecule has 0 N–H and O–H groups in total. The second kappa shape index (κ2) is 5.04. The van der Waals surface area contributed by atoms with Crippen molar-refractivity contribution in [2.45, 2.75) is 25.6 Å². The Hall–Kier alpha value is -2.23. The molecule has 0 unspecified atom stereocenters. The Labute approximate surface area is 119 Å². The van der Waals surface area contributed by atoms with Crippen molar-refractivity contribution in [1.29, 1.82) is 0 Å². The summed E-state index contributed by atoms with van der Waals surface area (Å²) in [6, 6.07) is 8.07. The van der Waals surface area contributed by atoms with Gasteiger partial charge >= 0.3 is 5.91 Å². The Morgan fingerprint density at radius 2 is 1.95 bits per heavy atom. The summed E-state index contributed by atoms with van der Waals surface area (Å²) in [5.41, 5.74) is -0.0141. The average Bonchev–Trinajstić information content (AvgIpc) is 2.61. The van der Waals surface area contributed by atoms with Crippen LogP contribution in [0.15, 0.2) is 43.0 Å². The molecule has 2 rings (SSSR count). The van der Waals surface area contributed by atoms with Crippen LogP contribution in [0.2, 0.25) is 0 Å². The Balaban J connectivity index is 2.49. The first-order valence-electron chi connectivity index (χ1n) is 6.52. The molecule has 1 aliphatic heterocycles. The number of likely N-dealkylation sites (N-methyl/N-ethyl adjacent to an activating group) is 1. The molecular weight excluding hydrogens is 252 g/mol. The number of hydrogen-bond acceptors (Lipinski definition) is 2. The lowest BCUT2D eigenvalue weighted by atomic mass is 10.0. The first-order valence-corrected chi connectivity index (χ1v) is 6.52. The van der Waals surface area contributed by atoms with Crippen LogP contribution in [0.25, 0.3) is 0 Å². The van der Waals surface area contributed by atoms with E-state index in [2.05, 4.69) is 6.58 Å². The number of rotatable bonds is 3. The molecule has 1 aromatic rings. The molecule has 0 radical (unpaired) electrons. The Morgan fingerprint density at radius 1 is 1.35 bits per heavy atom. The lowest BCUT2D eigenvalue weighted by Crippen LogP contribution is -2.44. The van der Waals surface area contributed by atoms with Gasteiger partial charge in [-0.15, -0.1) is 0 Å². The fourth-order valence-corrected chi connectivity index (χ4v) is 2.44. The third-order valence-electron chi connectivity index (χ3n) is 3.87. The van der Waals surface area contributed by atoms with E-state index in [0.29, 0.717) is 5.56 Å². The van der Waals surface area contributed by atoms with Crippen molar-refractivity contribution < 1.29 is 14.2 Å². The molecule has 0 spiro atoms. The predicted molar refractivity (Wildman–Crippen MR) is 77.9 cm³/mol. The zero-order chi connectivity index (χ0) is 14.9. The molecule has 1 fully saturated rings. The normalized spacial score (nSPS) is 23.1. The molecule has 1 aromatic carbocycles. The molecule has 104 valence electrons. The van der Waals surface area contributed by atoms with E-state index in [1.807, 2.05) is 19.9 Å². The predicted octanol–water partition coefficient (Wildman–Crippen LogP) is 1.72. The summed E-state index contributed by atoms with van der Waals surface area (Å²) in [4.78, 5) is 26.7. The third kappa shape index (κ3) is 2.07. The summed E-state index contributed by atoms with van der Waals surface area (Å²) in [5, 5.41) is 0. The molecule has 20 heavy (non-hydrogen) atoms. The van der Waals surface area contributed by atoms with Gasteiger partial charge in [0.25, 0.3) is 6.04 Å². The van der Waals surface area contributed by atoms with Crippen molar-refractivity contribution in [2.75, 3.05) is 7.05 Å². The van der Waals surface area contributed by atoms with Gasteiger partial charge in [0, 0.05) is 26.5 Å². The fraction of sp³-hybridized carbons (Fsp3) is 0.312. The maximum atomic E-state index is 12.6. The highest BCUT2D eigenvalue weighted by molar-refractivity contribution is 6.13. The van der Waals surface area contributed by atoms with Crippen molar-refractivity contribution in [2.24, 2.45) is 0 Å². The first-order chi connectivity index (χ1) is 9.41. The largest absolute Gasteiger partial charge is 0.304 e. The molecule has 1 aliphatic rings. The minimum absolute atomic E-state index is 0.189. The minimum Gasteiger partial charge on any atom is -0.286 e. The van der Waals surface area contributed by atoms with Crippen LogP contribution in [0.5, 0.6) is 0 Å². The fourth-order valence-electron chi connectivity index (χ4n) is 2.44. The monoisotopic (exact) mass is 271 g/mol. The summed E-state index contributed by atoms with van der Waals surface area (Å²) >= 11 is 0. The van der Waals surface area contributed by atoms with E-state index < -0.39 is 11.7 Å². The van der Waals surface area contributed by atoms with Crippen molar-refractivity contribution in [1.82, 2.24) is 4.90 Å². The number of allylic oxidation sites excluding steroid dienone is 1. The third-order valence-corrected chi connectivity index (χ3v) is 3.87. The van der Waals surface area contributed by atoms with Gasteiger partial charge in [-0.05, 0) is 6.08 Å². The SMILES string of the molecule is C=C/C=[N+]1\[C@@H](C(=O)c2ccccc2)C(=O)N(C)C1(C)C. The van der Waals surface area contributed by atoms with Crippen LogP contribution in [0, 0.1) is 0 Å². The van der Waals surface area contributed by atoms with Gasteiger partial charge in [0.2, 0.25) is 11.4 Å². The van der Waals surface area contributed by atoms with Crippen molar-refractivity contribution in [3.8, 4) is 0 Å². The lowest BCUT2D eigenvalue weighted by Gasteiger charge is -2.21. The van der Waals surface area contributed by atoms with Gasteiger partial charge in [0.1, 0.15) is 0 Å². The number of carbonyl (C=O) groups excluding carboxylic acids is 2. The van der Waals surface area contributed by atoms with E-state index in [4.69, 9.17) is 0 Å². The minimum atomic E-state index is -0.824. The van der Waals surface area contributed by atoms with Crippen molar-refractivity contribution in [3.05, 3.63) is 48.6 Å². The molecule has 1 heterocycles. The average molecular weight is 271 g/mol. The van der Waals surface area contributed by atoms with Gasteiger partial charge < -0.3 is 0 Å². The molecule has 0 aliphatic carbocycles. The molecule has 1 amide bonds. The summed E-state index contributed by atoms with van der Waals surface area (Å²) in [5.74, 6) is -0.381. The van der Waals surface area contributed by atoms with Gasteiger partial charge in [-0.3, -0.25) is 14.5 Å². The Morgan fingerprint density at radius 3 is 2.50 bits per heavy atom. The van der Waals surface area contributed by atoms with E-state index >= 15 is 0 Å². The van der Waals surface area contributed by atoms with E-state index in [-0.39, 0.29) is 11.7 Å². The highest BCUT2D eigenvalue weighted by Gasteiger charge is 2.57. The number of hydrogen-bond donors (Lipinski definition) is 0. The molecule has 4 heteroatoms. The number of carbonyl (C=O) groups is 2. The molecule has 4 nitrogen and oxygen atoms in total. The molecule has 0 aromatic heterocycles. The van der Waals surface area contributed by atoms with Crippen LogP contribution in [0.1, 0.15) is 24.2 Å². The summed E-state index contributed by atoms with van der Waals surface area (Å²) in [7, 11) is 1.71. The molecular formula is C16H19N2O2+. The molecule has 1 atom stereocenters. The van der Waals surface area contributed by atoms with Gasteiger partial charge in [-0.2, -0.15) is 4.58 Å². The lowest BCUT2D eigenvalue weighted by molar-refractivity contribution is -0.604.